The Morgan fingerprint density at radius 2 is 2.20 bits per heavy atom. The largest absolute Gasteiger partial charge is 0.323 e. The first-order valence-corrected chi connectivity index (χ1v) is 7.57. The first-order chi connectivity index (χ1) is 9.40. The van der Waals surface area contributed by atoms with E-state index in [0.717, 1.165) is 36.2 Å². The molecular formula is C15H21ClN2O2. The van der Waals surface area contributed by atoms with Crippen LogP contribution in [-0.2, 0) is 16.6 Å². The molecule has 110 valence electrons. The van der Waals surface area contributed by atoms with Gasteiger partial charge in [0.15, 0.2) is 0 Å². The van der Waals surface area contributed by atoms with Gasteiger partial charge in [0.05, 0.1) is 5.69 Å². The molecule has 4 nitrogen and oxygen atoms in total. The van der Waals surface area contributed by atoms with E-state index < -0.39 is 0 Å². The Bertz CT molecular complexity index is 578. The minimum atomic E-state index is -0.250. The number of anilines is 1. The Hall–Kier alpha value is -1.29. The molecule has 1 aliphatic heterocycles. The van der Waals surface area contributed by atoms with Gasteiger partial charge in [-0.15, -0.1) is 11.6 Å². The molecule has 1 aromatic heterocycles. The number of carbonyl (C=O) groups is 1. The highest BCUT2D eigenvalue weighted by Gasteiger charge is 2.39. The summed E-state index contributed by atoms with van der Waals surface area (Å²) in [4.78, 5) is 28.8. The van der Waals surface area contributed by atoms with Crippen molar-refractivity contribution in [3.63, 3.8) is 0 Å². The van der Waals surface area contributed by atoms with Crippen molar-refractivity contribution < 1.29 is 4.79 Å². The summed E-state index contributed by atoms with van der Waals surface area (Å²) in [6.07, 6.45) is 2.74. The van der Waals surface area contributed by atoms with Gasteiger partial charge in [-0.25, -0.2) is 0 Å². The molecule has 1 N–H and O–H groups in total. The Morgan fingerprint density at radius 1 is 1.50 bits per heavy atom. The number of unbranched alkanes of at least 4 members (excludes halogenated alkanes) is 1. The fourth-order valence-corrected chi connectivity index (χ4v) is 2.84. The van der Waals surface area contributed by atoms with Crippen LogP contribution in [0.5, 0.6) is 0 Å². The molecule has 1 amide bonds. The summed E-state index contributed by atoms with van der Waals surface area (Å²) in [7, 11) is 0. The van der Waals surface area contributed by atoms with Gasteiger partial charge in [-0.1, -0.05) is 27.2 Å². The number of aromatic nitrogens is 1. The number of alkyl halides is 1. The highest BCUT2D eigenvalue weighted by atomic mass is 35.5. The predicted molar refractivity (Wildman–Crippen MR) is 81.8 cm³/mol. The topological polar surface area (TPSA) is 53.2 Å². The number of pyridine rings is 1. The van der Waals surface area contributed by atoms with Crippen molar-refractivity contribution in [3.05, 3.63) is 27.7 Å². The molecule has 0 spiro atoms. The van der Waals surface area contributed by atoms with Crippen LogP contribution in [0.4, 0.5) is 5.69 Å². The molecule has 1 aliphatic rings. The van der Waals surface area contributed by atoms with Gasteiger partial charge in [-0.2, -0.15) is 0 Å². The molecule has 0 saturated carbocycles. The van der Waals surface area contributed by atoms with E-state index in [0.29, 0.717) is 6.54 Å². The lowest BCUT2D eigenvalue weighted by Crippen LogP contribution is -2.34. The molecule has 0 aliphatic carbocycles. The van der Waals surface area contributed by atoms with Gasteiger partial charge in [0, 0.05) is 23.2 Å². The van der Waals surface area contributed by atoms with Gasteiger partial charge < -0.3 is 9.88 Å². The van der Waals surface area contributed by atoms with E-state index in [1.54, 1.807) is 4.90 Å². The van der Waals surface area contributed by atoms with E-state index in [4.69, 9.17) is 11.6 Å². The molecule has 0 aromatic carbocycles. The number of amides is 1. The average Bonchev–Trinajstić information content (AvgIpc) is 2.67. The summed E-state index contributed by atoms with van der Waals surface area (Å²) in [5, 5.41) is 0. The smallest absolute Gasteiger partial charge is 0.251 e. The van der Waals surface area contributed by atoms with Crippen LogP contribution in [0, 0.1) is 0 Å². The van der Waals surface area contributed by atoms with E-state index in [2.05, 4.69) is 11.9 Å². The van der Waals surface area contributed by atoms with Crippen molar-refractivity contribution in [2.45, 2.75) is 45.4 Å². The van der Waals surface area contributed by atoms with Crippen LogP contribution in [0.25, 0.3) is 0 Å². The second-order valence-corrected chi connectivity index (χ2v) is 6.25. The molecule has 2 rings (SSSR count). The van der Waals surface area contributed by atoms with Crippen LogP contribution in [-0.4, -0.2) is 23.3 Å². The minimum absolute atomic E-state index is 0.0366. The third kappa shape index (κ3) is 2.62. The highest BCUT2D eigenvalue weighted by molar-refractivity contribution is 6.29. The van der Waals surface area contributed by atoms with E-state index in [1.165, 1.54) is 0 Å². The highest BCUT2D eigenvalue weighted by Crippen LogP contribution is 2.38. The van der Waals surface area contributed by atoms with Gasteiger partial charge in [-0.3, -0.25) is 9.59 Å². The first-order valence-electron chi connectivity index (χ1n) is 7.03. The zero-order chi connectivity index (χ0) is 14.9. The number of fused-ring (bicyclic) bond motifs is 1. The second-order valence-electron chi connectivity index (χ2n) is 5.98. The number of aryl methyl sites for hydroxylation is 1. The Kier molecular flexibility index (Phi) is 4.23. The van der Waals surface area contributed by atoms with Crippen molar-refractivity contribution in [1.82, 2.24) is 4.98 Å². The molecular weight excluding hydrogens is 276 g/mol. The fourth-order valence-electron chi connectivity index (χ4n) is 2.70. The summed E-state index contributed by atoms with van der Waals surface area (Å²) < 4.78 is 0. The Labute approximate surface area is 124 Å². The summed E-state index contributed by atoms with van der Waals surface area (Å²) in [6.45, 7) is 6.69. The minimum Gasteiger partial charge on any atom is -0.323 e. The lowest BCUT2D eigenvalue weighted by atomic mass is 9.91. The van der Waals surface area contributed by atoms with Crippen LogP contribution >= 0.6 is 11.6 Å². The van der Waals surface area contributed by atoms with Gasteiger partial charge in [-0.05, 0) is 18.9 Å². The normalized spacial score (nSPS) is 16.3. The number of halogens is 1. The Balaban J connectivity index is 2.48. The van der Waals surface area contributed by atoms with Crippen molar-refractivity contribution in [1.29, 1.82) is 0 Å². The predicted octanol–water partition coefficient (Wildman–Crippen LogP) is 2.58. The number of aromatic amines is 1. The number of carbonyl (C=O) groups excluding carboxylic acids is 1. The van der Waals surface area contributed by atoms with Crippen molar-refractivity contribution in [2.75, 3.05) is 17.3 Å². The van der Waals surface area contributed by atoms with Crippen LogP contribution in [0.3, 0.4) is 0 Å². The summed E-state index contributed by atoms with van der Waals surface area (Å²) in [5.41, 5.74) is 2.10. The molecule has 0 atom stereocenters. The SMILES string of the molecule is CCCCc1cc2c([nH]c1=O)C(C)(C)CN2C(=O)CCl. The standard InChI is InChI=1S/C15H21ClN2O2/c1-4-5-6-10-7-11-13(17-14(10)20)15(2,3)9-18(11)12(19)8-16/h7H,4-6,8-9H2,1-3H3,(H,17,20). The maximum absolute atomic E-state index is 12.1. The fraction of sp³-hybridized carbons (Fsp3) is 0.600. The van der Waals surface area contributed by atoms with Gasteiger partial charge in [0.25, 0.3) is 5.56 Å². The molecule has 0 fully saturated rings. The molecule has 0 bridgehead atoms. The van der Waals surface area contributed by atoms with Gasteiger partial charge in [0.1, 0.15) is 5.88 Å². The molecule has 20 heavy (non-hydrogen) atoms. The van der Waals surface area contributed by atoms with Crippen LogP contribution in [0.2, 0.25) is 0 Å². The summed E-state index contributed by atoms with van der Waals surface area (Å²) in [5.74, 6) is -0.161. The molecule has 0 saturated heterocycles. The third-order valence-electron chi connectivity index (χ3n) is 3.83. The van der Waals surface area contributed by atoms with E-state index >= 15 is 0 Å². The zero-order valence-corrected chi connectivity index (χ0v) is 13.0. The first kappa shape index (κ1) is 15.1. The molecule has 0 radical (unpaired) electrons. The maximum atomic E-state index is 12.1. The van der Waals surface area contributed by atoms with Crippen LogP contribution in [0.1, 0.15) is 44.9 Å². The molecule has 5 heteroatoms. The Morgan fingerprint density at radius 3 is 2.80 bits per heavy atom. The van der Waals surface area contributed by atoms with E-state index in [9.17, 15) is 9.59 Å². The maximum Gasteiger partial charge on any atom is 0.251 e. The number of hydrogen-bond donors (Lipinski definition) is 1. The van der Waals surface area contributed by atoms with Gasteiger partial charge in [0.2, 0.25) is 5.91 Å². The lowest BCUT2D eigenvalue weighted by Gasteiger charge is -2.19. The molecule has 2 heterocycles. The monoisotopic (exact) mass is 296 g/mol. The van der Waals surface area contributed by atoms with Crippen LogP contribution < -0.4 is 10.5 Å². The zero-order valence-electron chi connectivity index (χ0n) is 12.3. The number of nitrogens with zero attached hydrogens (tertiary/aromatic N) is 1. The number of hydrogen-bond acceptors (Lipinski definition) is 2. The van der Waals surface area contributed by atoms with Crippen molar-refractivity contribution >= 4 is 23.2 Å². The molecule has 0 unspecified atom stereocenters. The second kappa shape index (κ2) is 5.60. The van der Waals surface area contributed by atoms with Crippen molar-refractivity contribution in [3.8, 4) is 0 Å². The van der Waals surface area contributed by atoms with E-state index in [1.807, 2.05) is 19.9 Å². The van der Waals surface area contributed by atoms with Crippen LogP contribution in [0.15, 0.2) is 10.9 Å². The van der Waals surface area contributed by atoms with Crippen molar-refractivity contribution in [2.24, 2.45) is 0 Å². The molecule has 1 aromatic rings. The van der Waals surface area contributed by atoms with E-state index in [-0.39, 0.29) is 22.8 Å². The third-order valence-corrected chi connectivity index (χ3v) is 4.06. The summed E-state index contributed by atoms with van der Waals surface area (Å²) in [6, 6.07) is 1.86. The lowest BCUT2D eigenvalue weighted by molar-refractivity contribution is -0.116. The number of nitrogens with one attached hydrogen (secondary N) is 1. The van der Waals surface area contributed by atoms with Gasteiger partial charge >= 0.3 is 0 Å². The quantitative estimate of drug-likeness (QED) is 0.868. The number of H-pyrrole nitrogens is 1. The summed E-state index contributed by atoms with van der Waals surface area (Å²) >= 11 is 5.68. The average molecular weight is 297 g/mol. The number of rotatable bonds is 4.